The number of hydrogen-bond acceptors (Lipinski definition) is 3. The molecule has 1 N–H and O–H groups in total. The highest BCUT2D eigenvalue weighted by atomic mass is 16.5. The number of ether oxygens (including phenoxy) is 1. The van der Waals surface area contributed by atoms with Crippen molar-refractivity contribution in [2.24, 2.45) is 5.92 Å². The fourth-order valence-electron chi connectivity index (χ4n) is 2.93. The summed E-state index contributed by atoms with van der Waals surface area (Å²) < 4.78 is 5.94. The van der Waals surface area contributed by atoms with Gasteiger partial charge in [0.15, 0.2) is 0 Å². The Balaban J connectivity index is 1.71. The van der Waals surface area contributed by atoms with Gasteiger partial charge in [-0.15, -0.1) is 0 Å². The van der Waals surface area contributed by atoms with Crippen molar-refractivity contribution in [2.45, 2.75) is 71.1 Å². The molecule has 2 aliphatic rings. The zero-order chi connectivity index (χ0) is 13.7. The minimum Gasteiger partial charge on any atom is -0.377 e. The van der Waals surface area contributed by atoms with E-state index in [4.69, 9.17) is 4.74 Å². The fourth-order valence-corrected chi connectivity index (χ4v) is 2.93. The Morgan fingerprint density at radius 1 is 1.26 bits per heavy atom. The minimum atomic E-state index is 0.472. The van der Waals surface area contributed by atoms with Crippen LogP contribution in [0.5, 0.6) is 0 Å². The van der Waals surface area contributed by atoms with Crippen LogP contribution in [0.3, 0.4) is 0 Å². The van der Waals surface area contributed by atoms with Crippen LogP contribution >= 0.6 is 0 Å². The molecule has 1 saturated carbocycles. The molecule has 1 heterocycles. The van der Waals surface area contributed by atoms with Crippen molar-refractivity contribution in [2.75, 3.05) is 26.2 Å². The number of nitrogens with one attached hydrogen (secondary N) is 1. The van der Waals surface area contributed by atoms with Crippen molar-refractivity contribution in [1.82, 2.24) is 10.2 Å². The van der Waals surface area contributed by atoms with E-state index in [2.05, 4.69) is 31.0 Å². The van der Waals surface area contributed by atoms with Crippen molar-refractivity contribution in [1.29, 1.82) is 0 Å². The highest BCUT2D eigenvalue weighted by Crippen LogP contribution is 2.22. The SMILES string of the molecule is CCCOC1CCCN(C(C)C(C)CNC2CC2)C1. The first kappa shape index (κ1) is 15.3. The molecule has 2 fully saturated rings. The molecule has 0 aromatic heterocycles. The predicted molar refractivity (Wildman–Crippen MR) is 80.5 cm³/mol. The molecule has 1 aliphatic carbocycles. The molecule has 3 unspecified atom stereocenters. The van der Waals surface area contributed by atoms with Gasteiger partial charge in [-0.05, 0) is 58.0 Å². The van der Waals surface area contributed by atoms with Crippen molar-refractivity contribution >= 4 is 0 Å². The topological polar surface area (TPSA) is 24.5 Å². The van der Waals surface area contributed by atoms with Gasteiger partial charge in [0.1, 0.15) is 0 Å². The zero-order valence-electron chi connectivity index (χ0n) is 13.0. The lowest BCUT2D eigenvalue weighted by atomic mass is 9.98. The van der Waals surface area contributed by atoms with Crippen molar-refractivity contribution in [3.05, 3.63) is 0 Å². The molecule has 2 rings (SSSR count). The summed E-state index contributed by atoms with van der Waals surface area (Å²) in [6.45, 7) is 11.4. The molecule has 0 aromatic carbocycles. The monoisotopic (exact) mass is 268 g/mol. The van der Waals surface area contributed by atoms with Crippen molar-refractivity contribution in [3.8, 4) is 0 Å². The normalized spacial score (nSPS) is 28.3. The van der Waals surface area contributed by atoms with Crippen LogP contribution < -0.4 is 5.32 Å². The summed E-state index contributed by atoms with van der Waals surface area (Å²) in [7, 11) is 0. The Hall–Kier alpha value is -0.120. The molecule has 3 heteroatoms. The average molecular weight is 268 g/mol. The fraction of sp³-hybridized carbons (Fsp3) is 1.00. The Morgan fingerprint density at radius 2 is 2.05 bits per heavy atom. The molecule has 1 saturated heterocycles. The van der Waals surface area contributed by atoms with Crippen LogP contribution in [0, 0.1) is 5.92 Å². The van der Waals surface area contributed by atoms with Gasteiger partial charge in [0.05, 0.1) is 6.10 Å². The maximum atomic E-state index is 5.94. The number of piperidine rings is 1. The minimum absolute atomic E-state index is 0.472. The summed E-state index contributed by atoms with van der Waals surface area (Å²) in [6.07, 6.45) is 6.92. The molecule has 1 aliphatic heterocycles. The van der Waals surface area contributed by atoms with Crippen LogP contribution in [0.4, 0.5) is 0 Å². The lowest BCUT2D eigenvalue weighted by molar-refractivity contribution is -0.0168. The molecule has 0 radical (unpaired) electrons. The van der Waals surface area contributed by atoms with Crippen LogP contribution in [-0.4, -0.2) is 49.3 Å². The van der Waals surface area contributed by atoms with E-state index in [1.165, 1.54) is 38.8 Å². The molecule has 0 aromatic rings. The average Bonchev–Trinajstić information content (AvgIpc) is 3.26. The third-order valence-electron chi connectivity index (χ3n) is 4.67. The van der Waals surface area contributed by atoms with E-state index < -0.39 is 0 Å². The molecule has 19 heavy (non-hydrogen) atoms. The number of nitrogens with zero attached hydrogens (tertiary/aromatic N) is 1. The van der Waals surface area contributed by atoms with E-state index in [1.807, 2.05) is 0 Å². The Morgan fingerprint density at radius 3 is 2.74 bits per heavy atom. The lowest BCUT2D eigenvalue weighted by Crippen LogP contribution is -2.48. The van der Waals surface area contributed by atoms with E-state index in [0.29, 0.717) is 12.1 Å². The number of rotatable bonds is 8. The summed E-state index contributed by atoms with van der Waals surface area (Å²) in [5, 5.41) is 3.66. The van der Waals surface area contributed by atoms with Crippen LogP contribution in [0.25, 0.3) is 0 Å². The van der Waals surface area contributed by atoms with Crippen LogP contribution in [0.2, 0.25) is 0 Å². The summed E-state index contributed by atoms with van der Waals surface area (Å²) in [4.78, 5) is 2.64. The second-order valence-corrected chi connectivity index (χ2v) is 6.53. The predicted octanol–water partition coefficient (Wildman–Crippen LogP) is 2.65. The molecule has 0 spiro atoms. The van der Waals surface area contributed by atoms with Gasteiger partial charge in [-0.25, -0.2) is 0 Å². The van der Waals surface area contributed by atoms with Gasteiger partial charge in [0.2, 0.25) is 0 Å². The van der Waals surface area contributed by atoms with Gasteiger partial charge in [0.25, 0.3) is 0 Å². The van der Waals surface area contributed by atoms with Gasteiger partial charge in [-0.1, -0.05) is 13.8 Å². The molecule has 3 atom stereocenters. The van der Waals surface area contributed by atoms with E-state index in [-0.39, 0.29) is 0 Å². The van der Waals surface area contributed by atoms with Gasteiger partial charge in [-0.2, -0.15) is 0 Å². The zero-order valence-corrected chi connectivity index (χ0v) is 13.0. The van der Waals surface area contributed by atoms with E-state index >= 15 is 0 Å². The third kappa shape index (κ3) is 5.05. The van der Waals surface area contributed by atoms with E-state index in [1.54, 1.807) is 0 Å². The van der Waals surface area contributed by atoms with Gasteiger partial charge in [0, 0.05) is 25.2 Å². The van der Waals surface area contributed by atoms with E-state index in [9.17, 15) is 0 Å². The van der Waals surface area contributed by atoms with Crippen LogP contribution in [0.15, 0.2) is 0 Å². The van der Waals surface area contributed by atoms with Crippen molar-refractivity contribution in [3.63, 3.8) is 0 Å². The molecule has 0 bridgehead atoms. The van der Waals surface area contributed by atoms with Crippen LogP contribution in [0.1, 0.15) is 52.9 Å². The summed E-state index contributed by atoms with van der Waals surface area (Å²) in [5.74, 6) is 0.727. The molecule has 3 nitrogen and oxygen atoms in total. The van der Waals surface area contributed by atoms with E-state index in [0.717, 1.165) is 31.5 Å². The second-order valence-electron chi connectivity index (χ2n) is 6.53. The molecule has 0 amide bonds. The van der Waals surface area contributed by atoms with Gasteiger partial charge < -0.3 is 10.1 Å². The summed E-state index contributed by atoms with van der Waals surface area (Å²) in [5.41, 5.74) is 0. The maximum Gasteiger partial charge on any atom is 0.0702 e. The Kier molecular flexibility index (Phi) is 6.11. The second kappa shape index (κ2) is 7.61. The van der Waals surface area contributed by atoms with Crippen molar-refractivity contribution < 1.29 is 4.74 Å². The van der Waals surface area contributed by atoms with Crippen LogP contribution in [-0.2, 0) is 4.74 Å². The smallest absolute Gasteiger partial charge is 0.0702 e. The molecular weight excluding hydrogens is 236 g/mol. The third-order valence-corrected chi connectivity index (χ3v) is 4.67. The quantitative estimate of drug-likeness (QED) is 0.732. The first-order valence-electron chi connectivity index (χ1n) is 8.29. The van der Waals surface area contributed by atoms with Gasteiger partial charge >= 0.3 is 0 Å². The molecular formula is C16H32N2O. The summed E-state index contributed by atoms with van der Waals surface area (Å²) in [6, 6.07) is 1.50. The molecule has 112 valence electrons. The standard InChI is InChI=1S/C16H32N2O/c1-4-10-19-16-6-5-9-18(12-16)14(3)13(2)11-17-15-7-8-15/h13-17H,4-12H2,1-3H3. The first-order chi connectivity index (χ1) is 9.20. The summed E-state index contributed by atoms with van der Waals surface area (Å²) >= 11 is 0. The maximum absolute atomic E-state index is 5.94. The first-order valence-corrected chi connectivity index (χ1v) is 8.29. The largest absolute Gasteiger partial charge is 0.377 e. The lowest BCUT2D eigenvalue weighted by Gasteiger charge is -2.39. The highest BCUT2D eigenvalue weighted by molar-refractivity contribution is 4.85. The number of hydrogen-bond donors (Lipinski definition) is 1. The van der Waals surface area contributed by atoms with Gasteiger partial charge in [-0.3, -0.25) is 4.90 Å². The Labute approximate surface area is 119 Å². The highest BCUT2D eigenvalue weighted by Gasteiger charge is 2.28. The number of likely N-dealkylation sites (tertiary alicyclic amines) is 1. The Bertz CT molecular complexity index is 255.